The Balaban J connectivity index is 2.48. The lowest BCUT2D eigenvalue weighted by molar-refractivity contribution is 0.141. The summed E-state index contributed by atoms with van der Waals surface area (Å²) in [5.74, 6) is 1.51. The van der Waals surface area contributed by atoms with Crippen LogP contribution >= 0.6 is 0 Å². The van der Waals surface area contributed by atoms with Gasteiger partial charge in [-0.1, -0.05) is 41.5 Å². The van der Waals surface area contributed by atoms with Gasteiger partial charge in [-0.05, 0) is 36.6 Å². The summed E-state index contributed by atoms with van der Waals surface area (Å²) in [4.78, 5) is 2.68. The van der Waals surface area contributed by atoms with Gasteiger partial charge in [-0.2, -0.15) is 0 Å². The van der Waals surface area contributed by atoms with Crippen molar-refractivity contribution in [2.75, 3.05) is 26.2 Å². The van der Waals surface area contributed by atoms with Crippen molar-refractivity contribution in [2.45, 2.75) is 60.4 Å². The summed E-state index contributed by atoms with van der Waals surface area (Å²) in [5.41, 5.74) is 0.415. The zero-order valence-electron chi connectivity index (χ0n) is 13.4. The minimum absolute atomic E-state index is 0.415. The monoisotopic (exact) mass is 254 g/mol. The Morgan fingerprint density at radius 3 is 2.28 bits per heavy atom. The lowest BCUT2D eigenvalue weighted by atomic mass is 9.81. The number of nitrogens with zero attached hydrogens (tertiary/aromatic N) is 1. The Hall–Kier alpha value is -0.0800. The van der Waals surface area contributed by atoms with Gasteiger partial charge in [0.25, 0.3) is 0 Å². The van der Waals surface area contributed by atoms with Crippen molar-refractivity contribution in [1.82, 2.24) is 10.2 Å². The lowest BCUT2D eigenvalue weighted by Gasteiger charge is -2.35. The summed E-state index contributed by atoms with van der Waals surface area (Å²) in [6.07, 6.45) is 2.72. The van der Waals surface area contributed by atoms with Crippen LogP contribution in [0.5, 0.6) is 0 Å². The highest BCUT2D eigenvalue weighted by molar-refractivity contribution is 4.81. The molecule has 0 aromatic rings. The third kappa shape index (κ3) is 5.71. The quantitative estimate of drug-likeness (QED) is 0.782. The van der Waals surface area contributed by atoms with Crippen LogP contribution in [0.15, 0.2) is 0 Å². The molecule has 0 radical (unpaired) electrons. The van der Waals surface area contributed by atoms with Crippen LogP contribution in [0, 0.1) is 17.3 Å². The Labute approximate surface area is 115 Å². The molecule has 0 spiro atoms. The fourth-order valence-corrected chi connectivity index (χ4v) is 2.63. The highest BCUT2D eigenvalue weighted by atomic mass is 15.2. The maximum absolute atomic E-state index is 3.63. The molecule has 0 aromatic heterocycles. The molecule has 1 fully saturated rings. The summed E-state index contributed by atoms with van der Waals surface area (Å²) in [6, 6.07) is 0.732. The Morgan fingerprint density at radius 2 is 1.83 bits per heavy atom. The van der Waals surface area contributed by atoms with Crippen LogP contribution in [0.3, 0.4) is 0 Å². The minimum Gasteiger partial charge on any atom is -0.313 e. The molecule has 0 bridgehead atoms. The molecule has 1 N–H and O–H groups in total. The number of hydrogen-bond donors (Lipinski definition) is 1. The van der Waals surface area contributed by atoms with Gasteiger partial charge in [0.05, 0.1) is 0 Å². The molecule has 108 valence electrons. The van der Waals surface area contributed by atoms with E-state index in [1.165, 1.54) is 39.0 Å². The molecule has 2 nitrogen and oxygen atoms in total. The highest BCUT2D eigenvalue weighted by Crippen LogP contribution is 2.26. The molecule has 1 heterocycles. The van der Waals surface area contributed by atoms with Gasteiger partial charge in [-0.25, -0.2) is 0 Å². The third-order valence-corrected chi connectivity index (χ3v) is 4.27. The molecule has 2 atom stereocenters. The molecule has 1 saturated heterocycles. The first-order chi connectivity index (χ1) is 8.29. The van der Waals surface area contributed by atoms with Crippen LogP contribution in [-0.4, -0.2) is 37.1 Å². The smallest absolute Gasteiger partial charge is 0.0195 e. The van der Waals surface area contributed by atoms with Crippen LogP contribution in [0.4, 0.5) is 0 Å². The molecule has 0 aromatic carbocycles. The number of hydrogen-bond acceptors (Lipinski definition) is 2. The van der Waals surface area contributed by atoms with Gasteiger partial charge in [-0.15, -0.1) is 0 Å². The number of rotatable bonds is 6. The average Bonchev–Trinajstić information content (AvgIpc) is 2.67. The van der Waals surface area contributed by atoms with Crippen molar-refractivity contribution in [3.63, 3.8) is 0 Å². The van der Waals surface area contributed by atoms with Crippen molar-refractivity contribution >= 4 is 0 Å². The topological polar surface area (TPSA) is 15.3 Å². The first kappa shape index (κ1) is 16.0. The molecule has 1 aliphatic heterocycles. The van der Waals surface area contributed by atoms with Crippen molar-refractivity contribution < 1.29 is 0 Å². The summed E-state index contributed by atoms with van der Waals surface area (Å²) < 4.78 is 0. The molecule has 0 amide bonds. The van der Waals surface area contributed by atoms with E-state index in [4.69, 9.17) is 0 Å². The maximum atomic E-state index is 3.63. The lowest BCUT2D eigenvalue weighted by Crippen LogP contribution is -2.43. The second kappa shape index (κ2) is 6.91. The van der Waals surface area contributed by atoms with Crippen molar-refractivity contribution in [3.05, 3.63) is 0 Å². The van der Waals surface area contributed by atoms with E-state index in [0.29, 0.717) is 5.41 Å². The number of nitrogens with one attached hydrogen (secondary N) is 1. The van der Waals surface area contributed by atoms with Gasteiger partial charge in [0.1, 0.15) is 0 Å². The zero-order valence-corrected chi connectivity index (χ0v) is 13.4. The van der Waals surface area contributed by atoms with Crippen LogP contribution in [0.25, 0.3) is 0 Å². The molecule has 0 saturated carbocycles. The molecular formula is C16H34N2. The van der Waals surface area contributed by atoms with E-state index >= 15 is 0 Å². The van der Waals surface area contributed by atoms with E-state index in [2.05, 4.69) is 51.8 Å². The van der Waals surface area contributed by atoms with E-state index in [-0.39, 0.29) is 0 Å². The van der Waals surface area contributed by atoms with Gasteiger partial charge >= 0.3 is 0 Å². The fourth-order valence-electron chi connectivity index (χ4n) is 2.63. The molecule has 1 aliphatic rings. The van der Waals surface area contributed by atoms with Gasteiger partial charge in [0, 0.05) is 25.7 Å². The summed E-state index contributed by atoms with van der Waals surface area (Å²) >= 11 is 0. The molecule has 18 heavy (non-hydrogen) atoms. The summed E-state index contributed by atoms with van der Waals surface area (Å²) in [5, 5.41) is 3.63. The second-order valence-corrected chi connectivity index (χ2v) is 7.67. The normalized spacial score (nSPS) is 23.0. The highest BCUT2D eigenvalue weighted by Gasteiger charge is 2.25. The van der Waals surface area contributed by atoms with Crippen molar-refractivity contribution in [1.29, 1.82) is 0 Å². The molecule has 2 unspecified atom stereocenters. The Kier molecular flexibility index (Phi) is 6.13. The zero-order chi connectivity index (χ0) is 13.8. The SMILES string of the molecule is CC(C)CN(CC1CCCN1)CC(C)C(C)(C)C. The van der Waals surface area contributed by atoms with E-state index in [1.54, 1.807) is 0 Å². The van der Waals surface area contributed by atoms with E-state index in [9.17, 15) is 0 Å². The fraction of sp³-hybridized carbons (Fsp3) is 1.00. The van der Waals surface area contributed by atoms with Crippen LogP contribution in [0.2, 0.25) is 0 Å². The van der Waals surface area contributed by atoms with Gasteiger partial charge < -0.3 is 10.2 Å². The predicted molar refractivity (Wildman–Crippen MR) is 80.9 cm³/mol. The predicted octanol–water partition coefficient (Wildman–Crippen LogP) is 3.38. The first-order valence-corrected chi connectivity index (χ1v) is 7.74. The molecule has 0 aliphatic carbocycles. The van der Waals surface area contributed by atoms with E-state index in [0.717, 1.165) is 17.9 Å². The van der Waals surface area contributed by atoms with Crippen LogP contribution in [0.1, 0.15) is 54.4 Å². The molecule has 2 heteroatoms. The maximum Gasteiger partial charge on any atom is 0.0195 e. The van der Waals surface area contributed by atoms with E-state index < -0.39 is 0 Å². The average molecular weight is 254 g/mol. The third-order valence-electron chi connectivity index (χ3n) is 4.27. The van der Waals surface area contributed by atoms with Crippen LogP contribution in [-0.2, 0) is 0 Å². The van der Waals surface area contributed by atoms with Crippen molar-refractivity contribution in [2.24, 2.45) is 17.3 Å². The molecular weight excluding hydrogens is 220 g/mol. The Bertz CT molecular complexity index is 224. The van der Waals surface area contributed by atoms with Gasteiger partial charge in [-0.3, -0.25) is 0 Å². The standard InChI is InChI=1S/C16H34N2/c1-13(2)10-18(11-14(3)16(4,5)6)12-15-8-7-9-17-15/h13-15,17H,7-12H2,1-6H3. The minimum atomic E-state index is 0.415. The summed E-state index contributed by atoms with van der Waals surface area (Å²) in [6.45, 7) is 19.1. The molecule has 1 rings (SSSR count). The second-order valence-electron chi connectivity index (χ2n) is 7.67. The van der Waals surface area contributed by atoms with Crippen LogP contribution < -0.4 is 5.32 Å². The van der Waals surface area contributed by atoms with Gasteiger partial charge in [0.2, 0.25) is 0 Å². The Morgan fingerprint density at radius 1 is 1.17 bits per heavy atom. The van der Waals surface area contributed by atoms with Crippen molar-refractivity contribution in [3.8, 4) is 0 Å². The largest absolute Gasteiger partial charge is 0.313 e. The van der Waals surface area contributed by atoms with E-state index in [1.807, 2.05) is 0 Å². The van der Waals surface area contributed by atoms with Gasteiger partial charge in [0.15, 0.2) is 0 Å². The summed E-state index contributed by atoms with van der Waals surface area (Å²) in [7, 11) is 0. The first-order valence-electron chi connectivity index (χ1n) is 7.74.